The summed E-state index contributed by atoms with van der Waals surface area (Å²) in [5.41, 5.74) is 1.22. The van der Waals surface area contributed by atoms with Crippen LogP contribution in [0.4, 0.5) is 0 Å². The minimum Gasteiger partial charge on any atom is -0.347 e. The number of piperidine rings is 1. The minimum atomic E-state index is -0.352. The van der Waals surface area contributed by atoms with Crippen LogP contribution in [0, 0.1) is 0 Å². The monoisotopic (exact) mass is 331 g/mol. The normalized spacial score (nSPS) is 17.2. The summed E-state index contributed by atoms with van der Waals surface area (Å²) in [5, 5.41) is 4.99. The molecule has 24 heavy (non-hydrogen) atoms. The molecule has 1 heterocycles. The first-order valence-electron chi connectivity index (χ1n) is 8.41. The number of nitrogens with zero attached hydrogens (tertiary/aromatic N) is 1. The number of hydrogen-bond acceptors (Lipinski definition) is 3. The van der Waals surface area contributed by atoms with Crippen LogP contribution in [0.15, 0.2) is 30.3 Å². The van der Waals surface area contributed by atoms with E-state index in [0.29, 0.717) is 0 Å². The average molecular weight is 331 g/mol. The van der Waals surface area contributed by atoms with Gasteiger partial charge in [0.2, 0.25) is 17.7 Å². The number of likely N-dealkylation sites (tertiary alicyclic amines) is 1. The Bertz CT molecular complexity index is 574. The summed E-state index contributed by atoms with van der Waals surface area (Å²) < 4.78 is 0. The highest BCUT2D eigenvalue weighted by Crippen LogP contribution is 2.20. The summed E-state index contributed by atoms with van der Waals surface area (Å²) >= 11 is 0. The molecule has 1 saturated heterocycles. The van der Waals surface area contributed by atoms with Crippen LogP contribution in [0.1, 0.15) is 31.7 Å². The van der Waals surface area contributed by atoms with E-state index in [9.17, 15) is 14.4 Å². The zero-order valence-electron chi connectivity index (χ0n) is 14.1. The zero-order valence-corrected chi connectivity index (χ0v) is 14.1. The molecule has 0 radical (unpaired) electrons. The van der Waals surface area contributed by atoms with Crippen LogP contribution >= 0.6 is 0 Å². The number of benzene rings is 1. The first-order valence-corrected chi connectivity index (χ1v) is 8.41. The third kappa shape index (κ3) is 5.68. The smallest absolute Gasteiger partial charge is 0.242 e. The molecule has 0 bridgehead atoms. The second kappa shape index (κ2) is 9.05. The molecule has 6 nitrogen and oxygen atoms in total. The third-order valence-electron chi connectivity index (χ3n) is 4.20. The Morgan fingerprint density at radius 2 is 1.83 bits per heavy atom. The van der Waals surface area contributed by atoms with Crippen molar-refractivity contribution in [2.24, 2.45) is 0 Å². The van der Waals surface area contributed by atoms with Crippen molar-refractivity contribution in [3.8, 4) is 0 Å². The molecule has 1 aliphatic rings. The molecule has 3 amide bonds. The molecule has 0 aliphatic carbocycles. The van der Waals surface area contributed by atoms with Gasteiger partial charge in [0.1, 0.15) is 0 Å². The molecule has 2 N–H and O–H groups in total. The number of rotatable bonds is 6. The average Bonchev–Trinajstić information content (AvgIpc) is 2.59. The second-order valence-electron chi connectivity index (χ2n) is 6.11. The Morgan fingerprint density at radius 1 is 1.08 bits per heavy atom. The molecule has 0 saturated carbocycles. The molecule has 130 valence electrons. The van der Waals surface area contributed by atoms with E-state index < -0.39 is 0 Å². The molecule has 0 unspecified atom stereocenters. The first-order chi connectivity index (χ1) is 11.6. The minimum absolute atomic E-state index is 0.0241. The van der Waals surface area contributed by atoms with Crippen LogP contribution in [0.3, 0.4) is 0 Å². The van der Waals surface area contributed by atoms with Crippen LogP contribution < -0.4 is 10.6 Å². The first kappa shape index (κ1) is 18.0. The molecule has 1 aromatic carbocycles. The lowest BCUT2D eigenvalue weighted by molar-refractivity contribution is -0.135. The van der Waals surface area contributed by atoms with Crippen LogP contribution in [0.25, 0.3) is 0 Å². The van der Waals surface area contributed by atoms with Gasteiger partial charge in [0.15, 0.2) is 0 Å². The van der Waals surface area contributed by atoms with E-state index in [0.717, 1.165) is 32.2 Å². The van der Waals surface area contributed by atoms with Crippen molar-refractivity contribution in [3.05, 3.63) is 35.9 Å². The number of carbonyl (C=O) groups is 3. The maximum absolute atomic E-state index is 12.5. The van der Waals surface area contributed by atoms with Crippen molar-refractivity contribution in [2.45, 2.75) is 38.6 Å². The Hall–Kier alpha value is -2.37. The number of carbonyl (C=O) groups excluding carboxylic acids is 3. The Balaban J connectivity index is 1.86. The van der Waals surface area contributed by atoms with E-state index in [4.69, 9.17) is 0 Å². The van der Waals surface area contributed by atoms with Gasteiger partial charge >= 0.3 is 0 Å². The van der Waals surface area contributed by atoms with Crippen molar-refractivity contribution in [1.29, 1.82) is 0 Å². The van der Waals surface area contributed by atoms with Gasteiger partial charge in [-0.1, -0.05) is 30.3 Å². The number of nitrogens with one attached hydrogen (secondary N) is 2. The highest BCUT2D eigenvalue weighted by atomic mass is 16.2. The van der Waals surface area contributed by atoms with Gasteiger partial charge in [-0.15, -0.1) is 0 Å². The van der Waals surface area contributed by atoms with Crippen molar-refractivity contribution in [2.75, 3.05) is 19.6 Å². The van der Waals surface area contributed by atoms with Gasteiger partial charge in [-0.2, -0.15) is 0 Å². The number of hydrogen-bond donors (Lipinski definition) is 2. The van der Waals surface area contributed by atoms with E-state index in [1.807, 2.05) is 23.1 Å². The lowest BCUT2D eigenvalue weighted by Crippen LogP contribution is -2.49. The summed E-state index contributed by atoms with van der Waals surface area (Å²) in [7, 11) is 0. The largest absolute Gasteiger partial charge is 0.347 e. The van der Waals surface area contributed by atoms with Crippen LogP contribution in [-0.2, 0) is 20.8 Å². The molecule has 6 heteroatoms. The van der Waals surface area contributed by atoms with Crippen LogP contribution in [0.2, 0.25) is 0 Å². The van der Waals surface area contributed by atoms with Crippen molar-refractivity contribution in [3.63, 3.8) is 0 Å². The maximum atomic E-state index is 12.5. The summed E-state index contributed by atoms with van der Waals surface area (Å²) in [6.45, 7) is 1.96. The molecule has 1 fully saturated rings. The van der Waals surface area contributed by atoms with Gasteiger partial charge in [-0.05, 0) is 31.2 Å². The summed E-state index contributed by atoms with van der Waals surface area (Å²) in [6.07, 6.45) is 3.94. The maximum Gasteiger partial charge on any atom is 0.242 e. The van der Waals surface area contributed by atoms with Crippen LogP contribution in [-0.4, -0.2) is 48.3 Å². The quantitative estimate of drug-likeness (QED) is 0.812. The van der Waals surface area contributed by atoms with Gasteiger partial charge in [0.25, 0.3) is 0 Å². The third-order valence-corrected chi connectivity index (χ3v) is 4.20. The molecular formula is C18H25N3O3. The van der Waals surface area contributed by atoms with E-state index in [1.165, 1.54) is 12.5 Å². The van der Waals surface area contributed by atoms with Gasteiger partial charge in [-0.3, -0.25) is 14.4 Å². The highest BCUT2D eigenvalue weighted by molar-refractivity contribution is 5.87. The van der Waals surface area contributed by atoms with E-state index in [-0.39, 0.29) is 36.9 Å². The van der Waals surface area contributed by atoms with Gasteiger partial charge in [-0.25, -0.2) is 0 Å². The van der Waals surface area contributed by atoms with Crippen molar-refractivity contribution >= 4 is 17.7 Å². The molecule has 0 aromatic heterocycles. The molecular weight excluding hydrogens is 306 g/mol. The fourth-order valence-corrected chi connectivity index (χ4v) is 2.97. The standard InChI is InChI=1S/C18H25N3O3/c1-14(22)19-12-17(23)20-13-18(24)21-10-6-5-9-16(21)11-15-7-3-2-4-8-15/h2-4,7-8,16H,5-6,9-13H2,1H3,(H,19,22)(H,20,23)/t16-/m0/s1. The lowest BCUT2D eigenvalue weighted by atomic mass is 9.95. The predicted molar refractivity (Wildman–Crippen MR) is 91.2 cm³/mol. The SMILES string of the molecule is CC(=O)NCC(=O)NCC(=O)N1CCCC[C@H]1Cc1ccccc1. The molecule has 0 spiro atoms. The fraction of sp³-hybridized carbons (Fsp3) is 0.500. The summed E-state index contributed by atoms with van der Waals surface area (Å²) in [4.78, 5) is 36.7. The molecule has 1 aliphatic heterocycles. The Morgan fingerprint density at radius 3 is 2.54 bits per heavy atom. The highest BCUT2D eigenvalue weighted by Gasteiger charge is 2.26. The fourth-order valence-electron chi connectivity index (χ4n) is 2.97. The van der Waals surface area contributed by atoms with Crippen molar-refractivity contribution < 1.29 is 14.4 Å². The molecule has 1 aromatic rings. The van der Waals surface area contributed by atoms with Crippen LogP contribution in [0.5, 0.6) is 0 Å². The van der Waals surface area contributed by atoms with E-state index in [1.54, 1.807) is 0 Å². The van der Waals surface area contributed by atoms with Gasteiger partial charge in [0, 0.05) is 19.5 Å². The topological polar surface area (TPSA) is 78.5 Å². The lowest BCUT2D eigenvalue weighted by Gasteiger charge is -2.36. The van der Waals surface area contributed by atoms with Gasteiger partial charge in [0.05, 0.1) is 13.1 Å². The van der Waals surface area contributed by atoms with E-state index in [2.05, 4.69) is 22.8 Å². The van der Waals surface area contributed by atoms with Gasteiger partial charge < -0.3 is 15.5 Å². The van der Waals surface area contributed by atoms with E-state index >= 15 is 0 Å². The Labute approximate surface area is 142 Å². The Kier molecular flexibility index (Phi) is 6.78. The molecule has 1 atom stereocenters. The zero-order chi connectivity index (χ0) is 17.4. The predicted octanol–water partition coefficient (Wildman–Crippen LogP) is 0.863. The molecule has 2 rings (SSSR count). The number of amides is 3. The summed E-state index contributed by atoms with van der Waals surface area (Å²) in [6, 6.07) is 10.3. The second-order valence-corrected chi connectivity index (χ2v) is 6.11. The van der Waals surface area contributed by atoms with Crippen molar-refractivity contribution in [1.82, 2.24) is 15.5 Å². The summed E-state index contributed by atoms with van der Waals surface area (Å²) in [5.74, 6) is -0.683.